The second-order valence-electron chi connectivity index (χ2n) is 5.03. The van der Waals surface area contributed by atoms with Gasteiger partial charge in [-0.05, 0) is 44.2 Å². The van der Waals surface area contributed by atoms with Crippen molar-refractivity contribution in [1.29, 1.82) is 5.26 Å². The zero-order chi connectivity index (χ0) is 16.3. The number of rotatable bonds is 4. The van der Waals surface area contributed by atoms with Gasteiger partial charge >= 0.3 is 5.97 Å². The number of nitrogens with zero attached hydrogens (tertiary/aromatic N) is 2. The van der Waals surface area contributed by atoms with E-state index in [1.807, 2.05) is 31.5 Å². The lowest BCUT2D eigenvalue weighted by molar-refractivity contribution is 0.0474. The summed E-state index contributed by atoms with van der Waals surface area (Å²) in [5, 5.41) is 8.71. The lowest BCUT2D eigenvalue weighted by Gasteiger charge is -2.05. The first-order valence-electron chi connectivity index (χ1n) is 6.77. The number of Topliss-reactive ketones (excluding diaryl/α,β-unsaturated/α-hetero) is 1. The van der Waals surface area contributed by atoms with E-state index in [9.17, 15) is 9.59 Å². The molecule has 2 rings (SSSR count). The third kappa shape index (κ3) is 3.07. The number of nitriles is 1. The standard InChI is InChI=1S/C17H16N2O3/c1-11-8-15(12(2)19(11)3)16(20)10-22-17(21)14-6-4-13(9-18)5-7-14/h4-8H,10H2,1-3H3. The average Bonchev–Trinajstić information content (AvgIpc) is 2.80. The molecule has 1 aromatic heterocycles. The van der Waals surface area contributed by atoms with Gasteiger partial charge in [-0.2, -0.15) is 5.26 Å². The molecule has 1 aromatic carbocycles. The number of ketones is 1. The van der Waals surface area contributed by atoms with Gasteiger partial charge in [-0.15, -0.1) is 0 Å². The molecular formula is C17H16N2O3. The molecule has 0 saturated carbocycles. The number of ether oxygens (including phenoxy) is 1. The molecule has 112 valence electrons. The van der Waals surface area contributed by atoms with E-state index in [1.54, 1.807) is 6.07 Å². The van der Waals surface area contributed by atoms with Gasteiger partial charge in [-0.25, -0.2) is 4.79 Å². The summed E-state index contributed by atoms with van der Waals surface area (Å²) < 4.78 is 6.95. The first kappa shape index (κ1) is 15.5. The van der Waals surface area contributed by atoms with E-state index in [2.05, 4.69) is 0 Å². The smallest absolute Gasteiger partial charge is 0.338 e. The van der Waals surface area contributed by atoms with Gasteiger partial charge in [-0.3, -0.25) is 4.79 Å². The number of hydrogen-bond donors (Lipinski definition) is 0. The quantitative estimate of drug-likeness (QED) is 0.642. The molecule has 0 amide bonds. The van der Waals surface area contributed by atoms with Crippen LogP contribution in [-0.4, -0.2) is 22.9 Å². The van der Waals surface area contributed by atoms with Crippen molar-refractivity contribution < 1.29 is 14.3 Å². The van der Waals surface area contributed by atoms with E-state index in [0.717, 1.165) is 11.4 Å². The highest BCUT2D eigenvalue weighted by molar-refractivity contribution is 6.00. The third-order valence-electron chi connectivity index (χ3n) is 3.66. The predicted octanol–water partition coefficient (Wildman–Crippen LogP) is 2.55. The molecule has 0 fully saturated rings. The highest BCUT2D eigenvalue weighted by atomic mass is 16.5. The highest BCUT2D eigenvalue weighted by Crippen LogP contribution is 2.14. The fourth-order valence-electron chi connectivity index (χ4n) is 2.11. The summed E-state index contributed by atoms with van der Waals surface area (Å²) in [4.78, 5) is 24.0. The van der Waals surface area contributed by atoms with Crippen molar-refractivity contribution in [2.45, 2.75) is 13.8 Å². The van der Waals surface area contributed by atoms with E-state index in [0.29, 0.717) is 16.7 Å². The normalized spacial score (nSPS) is 10.1. The number of hydrogen-bond acceptors (Lipinski definition) is 4. The Morgan fingerprint density at radius 1 is 1.23 bits per heavy atom. The number of aromatic nitrogens is 1. The van der Waals surface area contributed by atoms with Crippen LogP contribution in [0, 0.1) is 25.2 Å². The Morgan fingerprint density at radius 3 is 2.36 bits per heavy atom. The minimum Gasteiger partial charge on any atom is -0.454 e. The fraction of sp³-hybridized carbons (Fsp3) is 0.235. The SMILES string of the molecule is Cc1cc(C(=O)COC(=O)c2ccc(C#N)cc2)c(C)n1C. The molecule has 0 aliphatic carbocycles. The Labute approximate surface area is 128 Å². The number of esters is 1. The zero-order valence-electron chi connectivity index (χ0n) is 12.7. The topological polar surface area (TPSA) is 72.1 Å². The molecule has 22 heavy (non-hydrogen) atoms. The number of carbonyl (C=O) groups is 2. The summed E-state index contributed by atoms with van der Waals surface area (Å²) in [6.07, 6.45) is 0. The van der Waals surface area contributed by atoms with E-state index in [-0.39, 0.29) is 12.4 Å². The molecule has 1 heterocycles. The van der Waals surface area contributed by atoms with E-state index < -0.39 is 5.97 Å². The summed E-state index contributed by atoms with van der Waals surface area (Å²) in [6, 6.07) is 9.82. The lowest BCUT2D eigenvalue weighted by atomic mass is 10.1. The van der Waals surface area contributed by atoms with Gasteiger partial charge in [0.1, 0.15) is 0 Å². The average molecular weight is 296 g/mol. The van der Waals surface area contributed by atoms with Crippen LogP contribution in [0.5, 0.6) is 0 Å². The molecule has 5 heteroatoms. The molecule has 0 atom stereocenters. The molecule has 0 spiro atoms. The van der Waals surface area contributed by atoms with E-state index in [1.165, 1.54) is 24.3 Å². The Bertz CT molecular complexity index is 764. The molecule has 0 unspecified atom stereocenters. The summed E-state index contributed by atoms with van der Waals surface area (Å²) in [6.45, 7) is 3.46. The van der Waals surface area contributed by atoms with Crippen LogP contribution in [0.15, 0.2) is 30.3 Å². The predicted molar refractivity (Wildman–Crippen MR) is 80.7 cm³/mol. The first-order chi connectivity index (χ1) is 10.4. The summed E-state index contributed by atoms with van der Waals surface area (Å²) >= 11 is 0. The molecule has 0 bridgehead atoms. The molecule has 5 nitrogen and oxygen atoms in total. The van der Waals surface area contributed by atoms with Crippen molar-refractivity contribution in [3.8, 4) is 6.07 Å². The van der Waals surface area contributed by atoms with Crippen LogP contribution in [0.3, 0.4) is 0 Å². The Morgan fingerprint density at radius 2 is 1.86 bits per heavy atom. The molecule has 0 aliphatic rings. The monoisotopic (exact) mass is 296 g/mol. The minimum atomic E-state index is -0.580. The number of benzene rings is 1. The van der Waals surface area contributed by atoms with Gasteiger partial charge in [0.25, 0.3) is 0 Å². The number of aryl methyl sites for hydroxylation is 1. The Hall–Kier alpha value is -2.87. The Kier molecular flexibility index (Phi) is 4.42. The maximum atomic E-state index is 12.1. The molecular weight excluding hydrogens is 280 g/mol. The van der Waals surface area contributed by atoms with E-state index >= 15 is 0 Å². The van der Waals surface area contributed by atoms with Crippen LogP contribution >= 0.6 is 0 Å². The maximum Gasteiger partial charge on any atom is 0.338 e. The van der Waals surface area contributed by atoms with Gasteiger partial charge in [-0.1, -0.05) is 0 Å². The summed E-state index contributed by atoms with van der Waals surface area (Å²) in [5.41, 5.74) is 3.15. The van der Waals surface area contributed by atoms with Crippen LogP contribution < -0.4 is 0 Å². The molecule has 2 aromatic rings. The van der Waals surface area contributed by atoms with Crippen LogP contribution in [0.4, 0.5) is 0 Å². The molecule has 0 N–H and O–H groups in total. The summed E-state index contributed by atoms with van der Waals surface area (Å²) in [5.74, 6) is -0.814. The first-order valence-corrected chi connectivity index (χ1v) is 6.77. The molecule has 0 radical (unpaired) electrons. The van der Waals surface area contributed by atoms with E-state index in [4.69, 9.17) is 10.00 Å². The zero-order valence-corrected chi connectivity index (χ0v) is 12.7. The van der Waals surface area contributed by atoms with Gasteiger partial charge in [0.2, 0.25) is 5.78 Å². The molecule has 0 saturated heterocycles. The van der Waals surface area contributed by atoms with Gasteiger partial charge in [0.15, 0.2) is 6.61 Å². The van der Waals surface area contributed by atoms with Crippen molar-refractivity contribution >= 4 is 11.8 Å². The van der Waals surface area contributed by atoms with Crippen LogP contribution in [0.25, 0.3) is 0 Å². The van der Waals surface area contributed by atoms with Crippen LogP contribution in [-0.2, 0) is 11.8 Å². The van der Waals surface area contributed by atoms with Gasteiger partial charge in [0.05, 0.1) is 17.2 Å². The summed E-state index contributed by atoms with van der Waals surface area (Å²) in [7, 11) is 1.88. The van der Waals surface area contributed by atoms with Crippen molar-refractivity contribution in [2.75, 3.05) is 6.61 Å². The Balaban J connectivity index is 2.02. The van der Waals surface area contributed by atoms with Crippen LogP contribution in [0.1, 0.15) is 37.7 Å². The maximum absolute atomic E-state index is 12.1. The second kappa shape index (κ2) is 6.27. The van der Waals surface area contributed by atoms with Crippen molar-refractivity contribution in [3.05, 3.63) is 58.4 Å². The van der Waals surface area contributed by atoms with Crippen molar-refractivity contribution in [3.63, 3.8) is 0 Å². The highest BCUT2D eigenvalue weighted by Gasteiger charge is 2.16. The minimum absolute atomic E-state index is 0.233. The van der Waals surface area contributed by atoms with Crippen molar-refractivity contribution in [1.82, 2.24) is 4.57 Å². The fourth-order valence-corrected chi connectivity index (χ4v) is 2.11. The van der Waals surface area contributed by atoms with Crippen molar-refractivity contribution in [2.24, 2.45) is 7.05 Å². The lowest BCUT2D eigenvalue weighted by Crippen LogP contribution is -2.15. The largest absolute Gasteiger partial charge is 0.454 e. The second-order valence-corrected chi connectivity index (χ2v) is 5.03. The third-order valence-corrected chi connectivity index (χ3v) is 3.66. The van der Waals surface area contributed by atoms with Crippen LogP contribution in [0.2, 0.25) is 0 Å². The van der Waals surface area contributed by atoms with Gasteiger partial charge < -0.3 is 9.30 Å². The van der Waals surface area contributed by atoms with Gasteiger partial charge in [0, 0.05) is 24.0 Å². The molecule has 0 aliphatic heterocycles. The number of carbonyl (C=O) groups excluding carboxylic acids is 2.